The van der Waals surface area contributed by atoms with Crippen molar-refractivity contribution < 1.29 is 0 Å². The molecule has 0 N–H and O–H groups in total. The van der Waals surface area contributed by atoms with Crippen LogP contribution in [0.15, 0.2) is 0 Å². The van der Waals surface area contributed by atoms with Gasteiger partial charge in [0.05, 0.1) is 0 Å². The summed E-state index contributed by atoms with van der Waals surface area (Å²) in [6, 6.07) is 0. The van der Waals surface area contributed by atoms with Gasteiger partial charge in [-0.3, -0.25) is 0 Å². The molecular weight excluding hydrogens is 701 g/mol. The van der Waals surface area contributed by atoms with E-state index in [4.69, 9.17) is 0 Å². The van der Waals surface area contributed by atoms with Crippen LogP contribution in [-0.4, -0.2) is 93.4 Å². The van der Waals surface area contributed by atoms with E-state index >= 15 is 0 Å². The van der Waals surface area contributed by atoms with Crippen molar-refractivity contribution in [2.45, 2.75) is 183 Å². The maximum atomic E-state index is 3.05. The lowest BCUT2D eigenvalue weighted by molar-refractivity contribution is 1.71. The van der Waals surface area contributed by atoms with Gasteiger partial charge in [-0.05, 0) is 0 Å². The van der Waals surface area contributed by atoms with Crippen molar-refractivity contribution >= 4 is 93.4 Å². The zero-order valence-corrected chi connectivity index (χ0v) is 47.5. The molecule has 0 bridgehead atoms. The van der Waals surface area contributed by atoms with Gasteiger partial charge in [0.1, 0.15) is 0 Å². The molecule has 41 heavy (non-hydrogen) atoms. The molecule has 0 aromatic rings. The maximum absolute atomic E-state index is 3.05. The lowest BCUT2D eigenvalue weighted by Crippen LogP contribution is -2.96. The highest BCUT2D eigenvalue weighted by molar-refractivity contribution is 8.10. The summed E-state index contributed by atoms with van der Waals surface area (Å²) in [5, 5.41) is 0. The van der Waals surface area contributed by atoms with Gasteiger partial charge in [0, 0.05) is 93.4 Å². The molecule has 0 aromatic heterocycles. The van der Waals surface area contributed by atoms with E-state index in [9.17, 15) is 0 Å². The number of rotatable bonds is 12. The van der Waals surface area contributed by atoms with Crippen molar-refractivity contribution in [3.05, 3.63) is 0 Å². The Hall–Kier alpha value is 2.82. The lowest BCUT2D eigenvalue weighted by atomic mass is 11.8. The van der Waals surface area contributed by atoms with Crippen LogP contribution in [-0.2, 0) is 0 Å². The third-order valence-corrected chi connectivity index (χ3v) is 323. The normalized spacial score (nSPS) is 17.3. The second kappa shape index (κ2) is 11.5. The Morgan fingerprint density at radius 3 is 0.268 bits per heavy atom. The van der Waals surface area contributed by atoms with E-state index in [-0.39, 0.29) is 0 Å². The van der Waals surface area contributed by atoms with Gasteiger partial charge in [-0.2, -0.15) is 0 Å². The standard InChI is InChI=1S/C28H84Si13/c1-29(2,3)31(7,8)33(11,12)35(15,16)37(19,20)39(23,24)41(27,28)40(25,26)38(21,22)36(17,18)34(13,14)32(9,10)30(4,5)6/h1-28H3. The second-order valence-corrected chi connectivity index (χ2v) is 175. The van der Waals surface area contributed by atoms with Crippen LogP contribution in [0.4, 0.5) is 0 Å². The van der Waals surface area contributed by atoms with Crippen molar-refractivity contribution in [2.24, 2.45) is 0 Å². The molecule has 0 radical (unpaired) electrons. The van der Waals surface area contributed by atoms with E-state index in [0.717, 1.165) is 0 Å². The van der Waals surface area contributed by atoms with Gasteiger partial charge in [0.2, 0.25) is 0 Å². The molecule has 0 amide bonds. The van der Waals surface area contributed by atoms with Gasteiger partial charge in [-0.15, -0.1) is 0 Å². The fourth-order valence-electron chi connectivity index (χ4n) is 8.91. The van der Waals surface area contributed by atoms with E-state index in [0.29, 0.717) is 0 Å². The summed E-state index contributed by atoms with van der Waals surface area (Å²) in [6.07, 6.45) is 0. The van der Waals surface area contributed by atoms with Crippen LogP contribution < -0.4 is 0 Å². The van der Waals surface area contributed by atoms with E-state index < -0.39 is 93.4 Å². The highest BCUT2D eigenvalue weighted by Gasteiger charge is 2.73. The molecule has 0 heterocycles. The molecule has 0 saturated heterocycles. The molecule has 0 aliphatic rings. The van der Waals surface area contributed by atoms with Crippen LogP contribution in [0.3, 0.4) is 0 Å². The smallest absolute Gasteiger partial charge is 0.0354 e. The van der Waals surface area contributed by atoms with E-state index in [1.165, 1.54) is 0 Å². The minimum atomic E-state index is -1.45. The summed E-state index contributed by atoms with van der Waals surface area (Å²) >= 11 is 0. The summed E-state index contributed by atoms with van der Waals surface area (Å²) < 4.78 is 0. The van der Waals surface area contributed by atoms with Crippen molar-refractivity contribution in [1.29, 1.82) is 0 Å². The SMILES string of the molecule is C[Si](C)(C)[Si](C)(C)[Si](C)(C)[Si](C)(C)[Si](C)(C)[Si](C)(C)[Si](C)(C)[Si](C)(C)[Si](C)(C)[Si](C)(C)[Si](C)(C)[Si](C)(C)[Si](C)(C)C. The highest BCUT2D eigenvalue weighted by Crippen LogP contribution is 2.49. The predicted molar refractivity (Wildman–Crippen MR) is 239 cm³/mol. The van der Waals surface area contributed by atoms with Crippen molar-refractivity contribution in [3.8, 4) is 0 Å². The molecule has 0 atom stereocenters. The first-order valence-corrected chi connectivity index (χ1v) is 69.0. The third-order valence-electron chi connectivity index (χ3n) is 19.4. The Balaban J connectivity index is 7.41. The van der Waals surface area contributed by atoms with Crippen LogP contribution in [0.1, 0.15) is 0 Å². The van der Waals surface area contributed by atoms with Gasteiger partial charge in [0.15, 0.2) is 0 Å². The predicted octanol–water partition coefficient (Wildman–Crippen LogP) is 11.4. The molecule has 0 aliphatic carbocycles. The molecule has 0 spiro atoms. The minimum absolute atomic E-state index is 1.14. The number of hydrogen-bond acceptors (Lipinski definition) is 0. The summed E-state index contributed by atoms with van der Waals surface area (Å²) in [4.78, 5) is 0. The Bertz CT molecular complexity index is 878. The molecule has 248 valence electrons. The van der Waals surface area contributed by atoms with Gasteiger partial charge in [-0.25, -0.2) is 0 Å². The Kier molecular flexibility index (Phi) is 12.3. The Morgan fingerprint density at radius 2 is 0.195 bits per heavy atom. The van der Waals surface area contributed by atoms with Gasteiger partial charge in [0.25, 0.3) is 0 Å². The minimum Gasteiger partial charge on any atom is -0.0735 e. The molecule has 0 nitrogen and oxygen atoms in total. The average Bonchev–Trinajstić information content (AvgIpc) is 2.70. The van der Waals surface area contributed by atoms with Gasteiger partial charge in [-0.1, -0.05) is 183 Å². The largest absolute Gasteiger partial charge is 0.0735 e. The fraction of sp³-hybridized carbons (Fsp3) is 1.00. The maximum Gasteiger partial charge on any atom is 0.0354 e. The van der Waals surface area contributed by atoms with Crippen LogP contribution in [0, 0.1) is 0 Å². The molecule has 0 saturated carbocycles. The Labute approximate surface area is 274 Å². The van der Waals surface area contributed by atoms with E-state index in [1.807, 2.05) is 0 Å². The topological polar surface area (TPSA) is 0 Å². The molecule has 0 rings (SSSR count). The zero-order valence-electron chi connectivity index (χ0n) is 34.5. The van der Waals surface area contributed by atoms with Crippen LogP contribution in [0.5, 0.6) is 0 Å². The number of hydrogen-bond donors (Lipinski definition) is 0. The van der Waals surface area contributed by atoms with E-state index in [1.54, 1.807) is 0 Å². The molecule has 0 unspecified atom stereocenters. The fourth-order valence-corrected chi connectivity index (χ4v) is 443. The van der Waals surface area contributed by atoms with Crippen LogP contribution in [0.2, 0.25) is 183 Å². The van der Waals surface area contributed by atoms with Crippen LogP contribution in [0.25, 0.3) is 0 Å². The quantitative estimate of drug-likeness (QED) is 0.173. The second-order valence-electron chi connectivity index (χ2n) is 22.4. The lowest BCUT2D eigenvalue weighted by Gasteiger charge is -2.69. The summed E-state index contributed by atoms with van der Waals surface area (Å²) in [7, 11) is -17.4. The van der Waals surface area contributed by atoms with Crippen LogP contribution >= 0.6 is 0 Å². The molecular formula is C28H84Si13. The highest BCUT2D eigenvalue weighted by atomic mass is 30.2. The van der Waals surface area contributed by atoms with Gasteiger partial charge < -0.3 is 0 Å². The summed E-state index contributed by atoms with van der Waals surface area (Å²) in [5.74, 6) is 0. The van der Waals surface area contributed by atoms with E-state index in [2.05, 4.69) is 183 Å². The first kappa shape index (κ1) is 43.8. The summed E-state index contributed by atoms with van der Waals surface area (Å²) in [6.45, 7) is 82.4. The zero-order chi connectivity index (χ0) is 34.5. The first-order chi connectivity index (χ1) is 17.0. The first-order valence-electron chi connectivity index (χ1n) is 17.0. The average molecular weight is 786 g/mol. The monoisotopic (exact) mass is 784 g/mol. The Morgan fingerprint density at radius 1 is 0.122 bits per heavy atom. The summed E-state index contributed by atoms with van der Waals surface area (Å²) in [5.41, 5.74) is 0. The van der Waals surface area contributed by atoms with Gasteiger partial charge >= 0.3 is 0 Å². The third kappa shape index (κ3) is 5.81. The van der Waals surface area contributed by atoms with Crippen molar-refractivity contribution in [3.63, 3.8) is 0 Å². The molecule has 0 fully saturated rings. The van der Waals surface area contributed by atoms with Crippen molar-refractivity contribution in [1.82, 2.24) is 0 Å². The molecule has 0 aliphatic heterocycles. The van der Waals surface area contributed by atoms with Crippen molar-refractivity contribution in [2.75, 3.05) is 0 Å². The molecule has 13 heteroatoms. The molecule has 0 aromatic carbocycles.